The van der Waals surface area contributed by atoms with E-state index in [0.717, 1.165) is 31.5 Å². The maximum absolute atomic E-state index is 13.2. The fraction of sp³-hybridized carbons (Fsp3) is 0.600. The summed E-state index contributed by atoms with van der Waals surface area (Å²) in [7, 11) is 0. The molecule has 0 amide bonds. The molecule has 104 valence electrons. The van der Waals surface area contributed by atoms with Gasteiger partial charge in [0.05, 0.1) is 10.6 Å². The van der Waals surface area contributed by atoms with E-state index in [1.54, 1.807) is 12.1 Å². The lowest BCUT2D eigenvalue weighted by Crippen LogP contribution is -2.48. The van der Waals surface area contributed by atoms with E-state index in [0.29, 0.717) is 6.42 Å². The van der Waals surface area contributed by atoms with Gasteiger partial charge in [0.1, 0.15) is 5.82 Å². The molecule has 2 unspecified atom stereocenters. The third-order valence-electron chi connectivity index (χ3n) is 4.56. The van der Waals surface area contributed by atoms with Crippen molar-refractivity contribution in [1.29, 1.82) is 0 Å². The van der Waals surface area contributed by atoms with Crippen LogP contribution in [0.3, 0.4) is 0 Å². The van der Waals surface area contributed by atoms with Crippen LogP contribution in [-0.2, 0) is 6.42 Å². The van der Waals surface area contributed by atoms with Crippen molar-refractivity contribution in [3.8, 4) is 0 Å². The zero-order valence-corrected chi connectivity index (χ0v) is 11.7. The minimum absolute atomic E-state index is 0.139. The fourth-order valence-electron chi connectivity index (χ4n) is 3.58. The molecule has 2 fully saturated rings. The topological polar surface area (TPSA) is 23.5 Å². The highest BCUT2D eigenvalue weighted by Crippen LogP contribution is 2.37. The second-order valence-corrected chi connectivity index (χ2v) is 6.23. The minimum Gasteiger partial charge on any atom is -0.388 e. The molecule has 0 aliphatic carbocycles. The Hall–Kier alpha value is -0.640. The molecular formula is C15H19ClFNO. The SMILES string of the molecule is OC1(Cc2ccc(F)c(Cl)c2)CCN2CCCCC21. The Balaban J connectivity index is 1.79. The van der Waals surface area contributed by atoms with Crippen LogP contribution in [0.4, 0.5) is 4.39 Å². The number of hydrogen-bond donors (Lipinski definition) is 1. The second kappa shape index (κ2) is 5.04. The first-order valence-corrected chi connectivity index (χ1v) is 7.37. The summed E-state index contributed by atoms with van der Waals surface area (Å²) in [6.45, 7) is 2.06. The maximum atomic E-state index is 13.2. The zero-order valence-electron chi connectivity index (χ0n) is 10.9. The summed E-state index contributed by atoms with van der Waals surface area (Å²) in [5.74, 6) is -0.400. The van der Waals surface area contributed by atoms with Crippen molar-refractivity contribution in [2.45, 2.75) is 43.7 Å². The number of hydrogen-bond acceptors (Lipinski definition) is 2. The highest BCUT2D eigenvalue weighted by molar-refractivity contribution is 6.30. The van der Waals surface area contributed by atoms with Gasteiger partial charge in [0.15, 0.2) is 0 Å². The minimum atomic E-state index is -0.679. The number of fused-ring (bicyclic) bond motifs is 1. The van der Waals surface area contributed by atoms with Crippen LogP contribution in [0, 0.1) is 5.82 Å². The van der Waals surface area contributed by atoms with Crippen LogP contribution >= 0.6 is 11.6 Å². The van der Waals surface area contributed by atoms with E-state index in [-0.39, 0.29) is 11.1 Å². The largest absolute Gasteiger partial charge is 0.388 e. The van der Waals surface area contributed by atoms with Gasteiger partial charge in [-0.2, -0.15) is 0 Å². The molecule has 2 saturated heterocycles. The van der Waals surface area contributed by atoms with Crippen molar-refractivity contribution in [2.75, 3.05) is 13.1 Å². The third-order valence-corrected chi connectivity index (χ3v) is 4.85. The summed E-state index contributed by atoms with van der Waals surface area (Å²) in [6, 6.07) is 5.00. The predicted octanol–water partition coefficient (Wildman–Crippen LogP) is 3.01. The van der Waals surface area contributed by atoms with Gasteiger partial charge in [-0.15, -0.1) is 0 Å². The quantitative estimate of drug-likeness (QED) is 0.902. The summed E-state index contributed by atoms with van der Waals surface area (Å²) < 4.78 is 13.2. The molecule has 3 rings (SSSR count). The highest BCUT2D eigenvalue weighted by Gasteiger charge is 2.46. The van der Waals surface area contributed by atoms with Gasteiger partial charge in [-0.1, -0.05) is 24.1 Å². The normalized spacial score (nSPS) is 31.4. The van der Waals surface area contributed by atoms with E-state index in [4.69, 9.17) is 11.6 Å². The number of piperidine rings is 1. The molecule has 2 heterocycles. The molecular weight excluding hydrogens is 265 g/mol. The summed E-state index contributed by atoms with van der Waals surface area (Å²) in [5.41, 5.74) is 0.239. The average Bonchev–Trinajstić information content (AvgIpc) is 2.73. The Morgan fingerprint density at radius 2 is 2.21 bits per heavy atom. The van der Waals surface area contributed by atoms with E-state index >= 15 is 0 Å². The number of benzene rings is 1. The zero-order chi connectivity index (χ0) is 13.5. The lowest BCUT2D eigenvalue weighted by Gasteiger charge is -2.37. The van der Waals surface area contributed by atoms with Gasteiger partial charge in [-0.05, 0) is 43.5 Å². The fourth-order valence-corrected chi connectivity index (χ4v) is 3.78. The molecule has 0 aromatic heterocycles. The predicted molar refractivity (Wildman–Crippen MR) is 73.9 cm³/mol. The van der Waals surface area contributed by atoms with Gasteiger partial charge < -0.3 is 5.11 Å². The molecule has 1 aromatic rings. The van der Waals surface area contributed by atoms with Gasteiger partial charge in [0.25, 0.3) is 0 Å². The van der Waals surface area contributed by atoms with Crippen molar-refractivity contribution >= 4 is 11.6 Å². The average molecular weight is 284 g/mol. The molecule has 19 heavy (non-hydrogen) atoms. The first kappa shape index (κ1) is 13.3. The summed E-state index contributed by atoms with van der Waals surface area (Å²) >= 11 is 5.82. The summed E-state index contributed by atoms with van der Waals surface area (Å²) in [5, 5.41) is 11.1. The first-order chi connectivity index (χ1) is 9.08. The van der Waals surface area contributed by atoms with Crippen molar-refractivity contribution in [2.24, 2.45) is 0 Å². The van der Waals surface area contributed by atoms with Gasteiger partial charge in [-0.25, -0.2) is 4.39 Å². The smallest absolute Gasteiger partial charge is 0.141 e. The molecule has 2 atom stereocenters. The standard InChI is InChI=1S/C15H19ClFNO/c16-12-9-11(4-5-13(12)17)10-15(19)6-8-18-7-2-1-3-14(15)18/h4-5,9,14,19H,1-3,6-8,10H2. The van der Waals surface area contributed by atoms with Gasteiger partial charge in [-0.3, -0.25) is 4.90 Å². The molecule has 0 saturated carbocycles. The molecule has 0 radical (unpaired) electrons. The number of rotatable bonds is 2. The van der Waals surface area contributed by atoms with Crippen LogP contribution < -0.4 is 0 Å². The van der Waals surface area contributed by atoms with Crippen molar-refractivity contribution < 1.29 is 9.50 Å². The van der Waals surface area contributed by atoms with E-state index < -0.39 is 11.4 Å². The van der Waals surface area contributed by atoms with Crippen molar-refractivity contribution in [1.82, 2.24) is 4.90 Å². The molecule has 0 bridgehead atoms. The molecule has 2 nitrogen and oxygen atoms in total. The van der Waals surface area contributed by atoms with Crippen LogP contribution in [0.1, 0.15) is 31.2 Å². The lowest BCUT2D eigenvalue weighted by atomic mass is 9.84. The Labute approximate surface area is 118 Å². The van der Waals surface area contributed by atoms with Crippen LogP contribution in [0.25, 0.3) is 0 Å². The van der Waals surface area contributed by atoms with Gasteiger partial charge in [0, 0.05) is 19.0 Å². The Kier molecular flexibility index (Phi) is 3.54. The van der Waals surface area contributed by atoms with E-state index in [1.807, 2.05) is 0 Å². The van der Waals surface area contributed by atoms with Crippen LogP contribution in [0.2, 0.25) is 5.02 Å². The van der Waals surface area contributed by atoms with E-state index in [9.17, 15) is 9.50 Å². The van der Waals surface area contributed by atoms with Crippen molar-refractivity contribution in [3.05, 3.63) is 34.6 Å². The second-order valence-electron chi connectivity index (χ2n) is 5.83. The maximum Gasteiger partial charge on any atom is 0.141 e. The lowest BCUT2D eigenvalue weighted by molar-refractivity contribution is -0.00887. The molecule has 1 aromatic carbocycles. The van der Waals surface area contributed by atoms with Crippen molar-refractivity contribution in [3.63, 3.8) is 0 Å². The molecule has 2 aliphatic heterocycles. The summed E-state index contributed by atoms with van der Waals surface area (Å²) in [6.07, 6.45) is 4.84. The van der Waals surface area contributed by atoms with Gasteiger partial charge >= 0.3 is 0 Å². The van der Waals surface area contributed by atoms with Crippen LogP contribution in [0.15, 0.2) is 18.2 Å². The number of aliphatic hydroxyl groups is 1. The van der Waals surface area contributed by atoms with E-state index in [1.165, 1.54) is 18.9 Å². The molecule has 2 aliphatic rings. The molecule has 0 spiro atoms. The number of nitrogens with zero attached hydrogens (tertiary/aromatic N) is 1. The van der Waals surface area contributed by atoms with Gasteiger partial charge in [0.2, 0.25) is 0 Å². The molecule has 4 heteroatoms. The monoisotopic (exact) mass is 283 g/mol. The Morgan fingerprint density at radius 3 is 3.00 bits per heavy atom. The number of halogens is 2. The Morgan fingerprint density at radius 1 is 1.37 bits per heavy atom. The van der Waals surface area contributed by atoms with Crippen LogP contribution in [0.5, 0.6) is 0 Å². The first-order valence-electron chi connectivity index (χ1n) is 6.99. The van der Waals surface area contributed by atoms with Crippen LogP contribution in [-0.4, -0.2) is 34.7 Å². The highest BCUT2D eigenvalue weighted by atomic mass is 35.5. The summed E-state index contributed by atoms with van der Waals surface area (Å²) in [4.78, 5) is 2.40. The molecule has 1 N–H and O–H groups in total. The third kappa shape index (κ3) is 2.51. The van der Waals surface area contributed by atoms with E-state index in [2.05, 4.69) is 4.90 Å². The Bertz CT molecular complexity index is 481.